The Kier molecular flexibility index (Phi) is 3.10. The molecule has 3 rings (SSSR count). The van der Waals surface area contributed by atoms with E-state index in [0.29, 0.717) is 5.56 Å². The summed E-state index contributed by atoms with van der Waals surface area (Å²) >= 11 is 1.45. The number of hydrogen-bond acceptors (Lipinski definition) is 4. The molecule has 3 nitrogen and oxygen atoms in total. The molecule has 0 aliphatic rings. The number of rotatable bonds is 2. The minimum Gasteiger partial charge on any atom is -0.288 e. The first kappa shape index (κ1) is 12.9. The summed E-state index contributed by atoms with van der Waals surface area (Å²) in [7, 11) is 0. The summed E-state index contributed by atoms with van der Waals surface area (Å²) in [6.07, 6.45) is 0. The second-order valence-corrected chi connectivity index (χ2v) is 6.04. The summed E-state index contributed by atoms with van der Waals surface area (Å²) in [5.74, 6) is 0.0376. The van der Waals surface area contributed by atoms with Crippen molar-refractivity contribution >= 4 is 28.0 Å². The van der Waals surface area contributed by atoms with Crippen LogP contribution in [0.5, 0.6) is 0 Å². The van der Waals surface area contributed by atoms with Gasteiger partial charge in [0.05, 0.1) is 21.1 Å². The number of ketones is 1. The number of aryl methyl sites for hydroxylation is 3. The fraction of sp³-hybridized carbons (Fsp3) is 0.188. The summed E-state index contributed by atoms with van der Waals surface area (Å²) in [6.45, 7) is 5.76. The molecule has 2 heterocycles. The first-order valence-corrected chi connectivity index (χ1v) is 7.22. The third-order valence-corrected chi connectivity index (χ3v) is 4.27. The van der Waals surface area contributed by atoms with Crippen LogP contribution in [0.25, 0.3) is 10.9 Å². The van der Waals surface area contributed by atoms with Gasteiger partial charge in [0, 0.05) is 16.6 Å². The first-order chi connectivity index (χ1) is 9.54. The predicted molar refractivity (Wildman–Crippen MR) is 81.5 cm³/mol. The topological polar surface area (TPSA) is 42.9 Å². The minimum atomic E-state index is 0.0376. The molecule has 3 aromatic rings. The summed E-state index contributed by atoms with van der Waals surface area (Å²) in [4.78, 5) is 22.0. The Bertz CT molecular complexity index is 820. The largest absolute Gasteiger partial charge is 0.288 e. The fourth-order valence-corrected chi connectivity index (χ4v) is 3.12. The molecule has 0 atom stereocenters. The van der Waals surface area contributed by atoms with Gasteiger partial charge in [0.1, 0.15) is 0 Å². The van der Waals surface area contributed by atoms with Crippen molar-refractivity contribution in [2.45, 2.75) is 20.8 Å². The van der Waals surface area contributed by atoms with E-state index in [1.807, 2.05) is 51.1 Å². The Morgan fingerprint density at radius 2 is 1.85 bits per heavy atom. The van der Waals surface area contributed by atoms with Gasteiger partial charge in [-0.2, -0.15) is 0 Å². The van der Waals surface area contributed by atoms with E-state index in [-0.39, 0.29) is 5.78 Å². The zero-order valence-corrected chi connectivity index (χ0v) is 12.4. The molecule has 0 saturated heterocycles. The number of aromatic nitrogens is 2. The molecular weight excluding hydrogens is 268 g/mol. The van der Waals surface area contributed by atoms with Crippen LogP contribution >= 0.6 is 11.3 Å². The van der Waals surface area contributed by atoms with Gasteiger partial charge in [-0.25, -0.2) is 4.98 Å². The van der Waals surface area contributed by atoms with Crippen LogP contribution in [0.4, 0.5) is 0 Å². The van der Waals surface area contributed by atoms with E-state index in [0.717, 1.165) is 32.2 Å². The van der Waals surface area contributed by atoms with E-state index in [1.165, 1.54) is 11.3 Å². The van der Waals surface area contributed by atoms with Gasteiger partial charge in [0.2, 0.25) is 5.78 Å². The zero-order valence-electron chi connectivity index (χ0n) is 11.6. The Morgan fingerprint density at radius 1 is 1.05 bits per heavy atom. The lowest BCUT2D eigenvalue weighted by molar-refractivity contribution is 0.104. The van der Waals surface area contributed by atoms with Crippen molar-refractivity contribution in [1.82, 2.24) is 9.97 Å². The van der Waals surface area contributed by atoms with E-state index in [9.17, 15) is 4.79 Å². The van der Waals surface area contributed by atoms with E-state index >= 15 is 0 Å². The van der Waals surface area contributed by atoms with Crippen LogP contribution in [0.1, 0.15) is 31.6 Å². The molecule has 0 fully saturated rings. The van der Waals surface area contributed by atoms with E-state index < -0.39 is 0 Å². The van der Waals surface area contributed by atoms with Crippen LogP contribution in [-0.2, 0) is 0 Å². The van der Waals surface area contributed by atoms with Gasteiger partial charge in [-0.3, -0.25) is 9.78 Å². The summed E-state index contributed by atoms with van der Waals surface area (Å²) < 4.78 is 0. The molecule has 2 aromatic heterocycles. The minimum absolute atomic E-state index is 0.0376. The smallest absolute Gasteiger partial charge is 0.204 e. The molecule has 0 aliphatic heterocycles. The highest BCUT2D eigenvalue weighted by atomic mass is 32.1. The number of thiazole rings is 1. The molecule has 1 aromatic carbocycles. The molecule has 0 amide bonds. The molecular formula is C16H14N2OS. The summed E-state index contributed by atoms with van der Waals surface area (Å²) in [5, 5.41) is 1.91. The molecule has 0 N–H and O–H groups in total. The highest BCUT2D eigenvalue weighted by Gasteiger charge is 2.16. The number of pyridine rings is 1. The molecule has 4 heteroatoms. The number of carbonyl (C=O) groups is 1. The highest BCUT2D eigenvalue weighted by molar-refractivity contribution is 7.14. The van der Waals surface area contributed by atoms with E-state index in [4.69, 9.17) is 0 Å². The first-order valence-electron chi connectivity index (χ1n) is 6.41. The number of benzene rings is 1. The Balaban J connectivity index is 2.08. The number of hydrogen-bond donors (Lipinski definition) is 0. The maximum absolute atomic E-state index is 12.5. The standard InChI is InChI=1S/C16H14N2OS/c1-9-4-5-12-8-13(6-7-14(12)17-9)15(19)16-10(2)18-11(3)20-16/h4-8H,1-3H3. The fourth-order valence-electron chi connectivity index (χ4n) is 2.24. The Hall–Kier alpha value is -2.07. The van der Waals surface area contributed by atoms with Gasteiger partial charge in [-0.1, -0.05) is 6.07 Å². The van der Waals surface area contributed by atoms with E-state index in [1.54, 1.807) is 0 Å². The molecule has 0 saturated carbocycles. The quantitative estimate of drug-likeness (QED) is 0.670. The molecule has 0 aliphatic carbocycles. The summed E-state index contributed by atoms with van der Waals surface area (Å²) in [5.41, 5.74) is 3.39. The van der Waals surface area contributed by atoms with Crippen LogP contribution in [-0.4, -0.2) is 15.8 Å². The van der Waals surface area contributed by atoms with Crippen molar-refractivity contribution in [2.24, 2.45) is 0 Å². The van der Waals surface area contributed by atoms with Crippen LogP contribution in [0.3, 0.4) is 0 Å². The van der Waals surface area contributed by atoms with Crippen LogP contribution in [0.15, 0.2) is 30.3 Å². The lowest BCUT2D eigenvalue weighted by atomic mass is 10.1. The summed E-state index contributed by atoms with van der Waals surface area (Å²) in [6, 6.07) is 9.60. The molecule has 100 valence electrons. The zero-order chi connectivity index (χ0) is 14.3. The van der Waals surface area contributed by atoms with Crippen molar-refractivity contribution in [3.05, 3.63) is 57.2 Å². The molecule has 0 unspecified atom stereocenters. The number of fused-ring (bicyclic) bond motifs is 1. The average molecular weight is 282 g/mol. The van der Waals surface area contributed by atoms with Gasteiger partial charge >= 0.3 is 0 Å². The maximum atomic E-state index is 12.5. The van der Waals surface area contributed by atoms with Crippen LogP contribution in [0, 0.1) is 20.8 Å². The van der Waals surface area contributed by atoms with Crippen molar-refractivity contribution in [3.63, 3.8) is 0 Å². The SMILES string of the molecule is Cc1ccc2cc(C(=O)c3sc(C)nc3C)ccc2n1. The molecule has 0 radical (unpaired) electrons. The third kappa shape index (κ3) is 2.23. The van der Waals surface area contributed by atoms with Gasteiger partial charge in [0.15, 0.2) is 0 Å². The predicted octanol–water partition coefficient (Wildman–Crippen LogP) is 3.85. The lowest BCUT2D eigenvalue weighted by Crippen LogP contribution is -2.01. The highest BCUT2D eigenvalue weighted by Crippen LogP contribution is 2.23. The van der Waals surface area contributed by atoms with Gasteiger partial charge in [-0.05, 0) is 45.0 Å². The van der Waals surface area contributed by atoms with Crippen molar-refractivity contribution in [2.75, 3.05) is 0 Å². The van der Waals surface area contributed by atoms with Crippen molar-refractivity contribution in [1.29, 1.82) is 0 Å². The molecule has 20 heavy (non-hydrogen) atoms. The van der Waals surface area contributed by atoms with Gasteiger partial charge in [0.25, 0.3) is 0 Å². The second-order valence-electron chi connectivity index (χ2n) is 4.84. The second kappa shape index (κ2) is 4.80. The third-order valence-electron chi connectivity index (χ3n) is 3.20. The maximum Gasteiger partial charge on any atom is 0.204 e. The Labute approximate surface area is 121 Å². The molecule has 0 spiro atoms. The van der Waals surface area contributed by atoms with Crippen molar-refractivity contribution in [3.8, 4) is 0 Å². The van der Waals surface area contributed by atoms with Gasteiger partial charge in [-0.15, -0.1) is 11.3 Å². The average Bonchev–Trinajstić information content (AvgIpc) is 2.76. The normalized spacial score (nSPS) is 10.9. The monoisotopic (exact) mass is 282 g/mol. The van der Waals surface area contributed by atoms with Crippen LogP contribution < -0.4 is 0 Å². The lowest BCUT2D eigenvalue weighted by Gasteiger charge is -2.03. The molecule has 0 bridgehead atoms. The number of nitrogens with zero attached hydrogens (tertiary/aromatic N) is 2. The number of carbonyl (C=O) groups excluding carboxylic acids is 1. The van der Waals surface area contributed by atoms with Crippen LogP contribution in [0.2, 0.25) is 0 Å². The Morgan fingerprint density at radius 3 is 2.55 bits per heavy atom. The van der Waals surface area contributed by atoms with E-state index in [2.05, 4.69) is 9.97 Å². The van der Waals surface area contributed by atoms with Crippen molar-refractivity contribution < 1.29 is 4.79 Å². The van der Waals surface area contributed by atoms with Gasteiger partial charge < -0.3 is 0 Å².